The van der Waals surface area contributed by atoms with Crippen molar-refractivity contribution in [3.05, 3.63) is 11.7 Å². The van der Waals surface area contributed by atoms with Crippen LogP contribution in [0.2, 0.25) is 0 Å². The van der Waals surface area contributed by atoms with E-state index in [0.29, 0.717) is 29.9 Å². The monoisotopic (exact) mass is 271 g/mol. The minimum Gasteiger partial charge on any atom is -0.465 e. The molecule has 0 bridgehead atoms. The van der Waals surface area contributed by atoms with Crippen molar-refractivity contribution in [3.8, 4) is 0 Å². The second-order valence-corrected chi connectivity index (χ2v) is 5.23. The normalized spacial score (nSPS) is 16.6. The third-order valence-electron chi connectivity index (χ3n) is 2.53. The Labute approximate surface area is 110 Å². The first-order valence-corrected chi connectivity index (χ1v) is 7.18. The molecule has 6 nitrogen and oxygen atoms in total. The topological polar surface area (TPSA) is 91.2 Å². The fourth-order valence-electron chi connectivity index (χ4n) is 1.42. The highest BCUT2D eigenvalue weighted by atomic mass is 32.2. The predicted octanol–water partition coefficient (Wildman–Crippen LogP) is 1.07. The molecule has 2 rings (SSSR count). The van der Waals surface area contributed by atoms with E-state index in [9.17, 15) is 4.79 Å². The van der Waals surface area contributed by atoms with E-state index in [2.05, 4.69) is 10.1 Å². The van der Waals surface area contributed by atoms with Gasteiger partial charge in [-0.05, 0) is 19.8 Å². The number of esters is 1. The van der Waals surface area contributed by atoms with Gasteiger partial charge in [-0.3, -0.25) is 4.79 Å². The molecule has 1 heterocycles. The number of aromatic nitrogens is 2. The molecule has 18 heavy (non-hydrogen) atoms. The van der Waals surface area contributed by atoms with E-state index in [0.717, 1.165) is 18.7 Å². The highest BCUT2D eigenvalue weighted by Gasteiger charge is 2.29. The Hall–Kier alpha value is -1.08. The molecule has 1 aromatic rings. The van der Waals surface area contributed by atoms with Crippen molar-refractivity contribution in [1.82, 2.24) is 10.1 Å². The summed E-state index contributed by atoms with van der Waals surface area (Å²) in [6.45, 7) is 2.11. The lowest BCUT2D eigenvalue weighted by molar-refractivity contribution is -0.144. The van der Waals surface area contributed by atoms with Gasteiger partial charge in [-0.1, -0.05) is 5.16 Å². The minimum atomic E-state index is -0.593. The second-order valence-electron chi connectivity index (χ2n) is 4.20. The van der Waals surface area contributed by atoms with E-state index in [4.69, 9.17) is 15.0 Å². The maximum Gasteiger partial charge on any atom is 0.323 e. The van der Waals surface area contributed by atoms with Crippen LogP contribution in [0.5, 0.6) is 0 Å². The largest absolute Gasteiger partial charge is 0.465 e. The smallest absolute Gasteiger partial charge is 0.323 e. The number of hydrogen-bond donors (Lipinski definition) is 1. The summed E-state index contributed by atoms with van der Waals surface area (Å²) >= 11 is 1.50. The molecule has 0 radical (unpaired) electrons. The first-order valence-electron chi connectivity index (χ1n) is 6.03. The summed E-state index contributed by atoms with van der Waals surface area (Å²) in [6.07, 6.45) is 2.28. The van der Waals surface area contributed by atoms with Crippen LogP contribution < -0.4 is 5.73 Å². The van der Waals surface area contributed by atoms with Crippen molar-refractivity contribution < 1.29 is 14.1 Å². The predicted molar refractivity (Wildman–Crippen MR) is 67.0 cm³/mol. The molecule has 2 N–H and O–H groups in total. The first-order chi connectivity index (χ1) is 8.70. The van der Waals surface area contributed by atoms with Crippen molar-refractivity contribution in [1.29, 1.82) is 0 Å². The number of rotatable bonds is 7. The van der Waals surface area contributed by atoms with Crippen molar-refractivity contribution in [3.63, 3.8) is 0 Å². The van der Waals surface area contributed by atoms with Crippen molar-refractivity contribution >= 4 is 17.7 Å². The summed E-state index contributed by atoms with van der Waals surface area (Å²) in [5.41, 5.74) is 5.67. The molecule has 1 saturated carbocycles. The van der Waals surface area contributed by atoms with Crippen LogP contribution in [0.3, 0.4) is 0 Å². The van der Waals surface area contributed by atoms with Gasteiger partial charge in [0.1, 0.15) is 6.04 Å². The van der Waals surface area contributed by atoms with E-state index in [1.165, 1.54) is 11.8 Å². The molecule has 0 amide bonds. The van der Waals surface area contributed by atoms with Crippen LogP contribution in [0.15, 0.2) is 4.52 Å². The third-order valence-corrected chi connectivity index (χ3v) is 3.59. The van der Waals surface area contributed by atoms with E-state index < -0.39 is 6.04 Å². The Morgan fingerprint density at radius 2 is 2.44 bits per heavy atom. The van der Waals surface area contributed by atoms with Gasteiger partial charge in [-0.15, -0.1) is 0 Å². The molecule has 0 spiro atoms. The van der Waals surface area contributed by atoms with Crippen LogP contribution in [-0.4, -0.2) is 34.5 Å². The second kappa shape index (κ2) is 6.19. The standard InChI is InChI=1S/C11H17N3O3S/c1-2-16-11(15)8(12)5-18-6-9-13-10(17-14-9)7-3-4-7/h7-8H,2-6,12H2,1H3. The number of ether oxygens (including phenoxy) is 1. The molecule has 1 aliphatic rings. The van der Waals surface area contributed by atoms with E-state index >= 15 is 0 Å². The molecule has 1 aliphatic carbocycles. The van der Waals surface area contributed by atoms with Gasteiger partial charge in [0, 0.05) is 11.7 Å². The fourth-order valence-corrected chi connectivity index (χ4v) is 2.22. The highest BCUT2D eigenvalue weighted by Crippen LogP contribution is 2.38. The molecule has 0 aromatic carbocycles. The van der Waals surface area contributed by atoms with Crippen LogP contribution in [-0.2, 0) is 15.3 Å². The molecule has 7 heteroatoms. The zero-order valence-corrected chi connectivity index (χ0v) is 11.1. The molecule has 100 valence electrons. The average molecular weight is 271 g/mol. The number of nitrogens with zero attached hydrogens (tertiary/aromatic N) is 2. The van der Waals surface area contributed by atoms with Gasteiger partial charge in [0.05, 0.1) is 12.4 Å². The summed E-state index contributed by atoms with van der Waals surface area (Å²) in [7, 11) is 0. The Bertz CT molecular complexity index is 406. The Morgan fingerprint density at radius 1 is 1.67 bits per heavy atom. The molecule has 0 saturated heterocycles. The Kier molecular flexibility index (Phi) is 4.60. The lowest BCUT2D eigenvalue weighted by Gasteiger charge is -2.08. The maximum atomic E-state index is 11.3. The SMILES string of the molecule is CCOC(=O)C(N)CSCc1noc(C2CC2)n1. The number of nitrogens with two attached hydrogens (primary N) is 1. The zero-order chi connectivity index (χ0) is 13.0. The minimum absolute atomic E-state index is 0.354. The molecular formula is C11H17N3O3S. The summed E-state index contributed by atoms with van der Waals surface area (Å²) in [6, 6.07) is -0.593. The summed E-state index contributed by atoms with van der Waals surface area (Å²) < 4.78 is 9.96. The Morgan fingerprint density at radius 3 is 3.11 bits per heavy atom. The maximum absolute atomic E-state index is 11.3. The van der Waals surface area contributed by atoms with Gasteiger partial charge in [0.25, 0.3) is 0 Å². The van der Waals surface area contributed by atoms with Gasteiger partial charge in [0.15, 0.2) is 5.82 Å². The molecule has 1 fully saturated rings. The third kappa shape index (κ3) is 3.71. The van der Waals surface area contributed by atoms with Gasteiger partial charge in [-0.2, -0.15) is 16.7 Å². The van der Waals surface area contributed by atoms with Gasteiger partial charge in [-0.25, -0.2) is 0 Å². The van der Waals surface area contributed by atoms with Gasteiger partial charge in [0.2, 0.25) is 5.89 Å². The van der Waals surface area contributed by atoms with Crippen LogP contribution in [0.1, 0.15) is 37.4 Å². The molecular weight excluding hydrogens is 254 g/mol. The van der Waals surface area contributed by atoms with Crippen molar-refractivity contribution in [2.75, 3.05) is 12.4 Å². The van der Waals surface area contributed by atoms with Crippen molar-refractivity contribution in [2.45, 2.75) is 37.5 Å². The number of carbonyl (C=O) groups is 1. The lowest BCUT2D eigenvalue weighted by atomic mass is 10.4. The van der Waals surface area contributed by atoms with E-state index in [1.54, 1.807) is 6.92 Å². The number of thioether (sulfide) groups is 1. The summed E-state index contributed by atoms with van der Waals surface area (Å²) in [5, 5.41) is 3.89. The summed E-state index contributed by atoms with van der Waals surface area (Å²) in [5.74, 6) is 2.60. The van der Waals surface area contributed by atoms with E-state index in [1.807, 2.05) is 0 Å². The van der Waals surface area contributed by atoms with E-state index in [-0.39, 0.29) is 5.97 Å². The zero-order valence-electron chi connectivity index (χ0n) is 10.3. The summed E-state index contributed by atoms with van der Waals surface area (Å²) in [4.78, 5) is 15.6. The van der Waals surface area contributed by atoms with Crippen LogP contribution in [0, 0.1) is 0 Å². The molecule has 1 unspecified atom stereocenters. The highest BCUT2D eigenvalue weighted by molar-refractivity contribution is 7.98. The quantitative estimate of drug-likeness (QED) is 0.741. The van der Waals surface area contributed by atoms with Gasteiger partial charge >= 0.3 is 5.97 Å². The van der Waals surface area contributed by atoms with Gasteiger partial charge < -0.3 is 15.0 Å². The lowest BCUT2D eigenvalue weighted by Crippen LogP contribution is -2.34. The number of carbonyl (C=O) groups excluding carboxylic acids is 1. The first kappa shape index (κ1) is 13.4. The molecule has 1 aromatic heterocycles. The molecule has 0 aliphatic heterocycles. The Balaban J connectivity index is 1.69. The van der Waals surface area contributed by atoms with Crippen molar-refractivity contribution in [2.24, 2.45) is 5.73 Å². The fraction of sp³-hybridized carbons (Fsp3) is 0.727. The number of hydrogen-bond acceptors (Lipinski definition) is 7. The average Bonchev–Trinajstić information content (AvgIpc) is 3.10. The van der Waals surface area contributed by atoms with Crippen LogP contribution in [0.25, 0.3) is 0 Å². The van der Waals surface area contributed by atoms with Crippen LogP contribution >= 0.6 is 11.8 Å². The van der Waals surface area contributed by atoms with Crippen LogP contribution in [0.4, 0.5) is 0 Å². The molecule has 1 atom stereocenters.